The molecule has 110 valence electrons. The Morgan fingerprint density at radius 1 is 1.05 bits per heavy atom. The summed E-state index contributed by atoms with van der Waals surface area (Å²) in [7, 11) is 2.24. The minimum absolute atomic E-state index is 0.276. The summed E-state index contributed by atoms with van der Waals surface area (Å²) in [5, 5.41) is 0.348. The summed E-state index contributed by atoms with van der Waals surface area (Å²) in [6, 6.07) is 0.569. The molecule has 1 aliphatic heterocycles. The lowest BCUT2D eigenvalue weighted by molar-refractivity contribution is -0.0495. The van der Waals surface area contributed by atoms with Crippen LogP contribution in [0.2, 0.25) is 0 Å². The smallest absolute Gasteiger partial charge is 0.0710 e. The molecule has 1 heterocycles. The van der Waals surface area contributed by atoms with E-state index in [4.69, 9.17) is 16.3 Å². The van der Waals surface area contributed by atoms with Crippen LogP contribution in [-0.2, 0) is 4.74 Å². The minimum atomic E-state index is 0.276. The van der Waals surface area contributed by atoms with E-state index in [1.807, 2.05) is 0 Å². The highest BCUT2D eigenvalue weighted by atomic mass is 35.5. The summed E-state index contributed by atoms with van der Waals surface area (Å²) in [6.07, 6.45) is 13.4. The average molecular weight is 286 g/mol. The maximum absolute atomic E-state index is 6.50. The molecule has 2 nitrogen and oxygen atoms in total. The highest BCUT2D eigenvalue weighted by Gasteiger charge is 2.42. The average Bonchev–Trinajstić information content (AvgIpc) is 3.01. The van der Waals surface area contributed by atoms with Crippen molar-refractivity contribution in [2.75, 3.05) is 13.6 Å². The standard InChI is InChI=1S/C16H28ClNO/c1-18(15-7-3-2-6-14(15)17)12-13-8-11-16(19-13)9-4-5-10-16/h13-15H,2-12H2,1H3. The van der Waals surface area contributed by atoms with Crippen LogP contribution in [0.4, 0.5) is 0 Å². The highest BCUT2D eigenvalue weighted by Crippen LogP contribution is 2.43. The molecule has 0 aromatic heterocycles. The van der Waals surface area contributed by atoms with Crippen LogP contribution in [0.3, 0.4) is 0 Å². The molecule has 0 N–H and O–H groups in total. The third-order valence-corrected chi connectivity index (χ3v) is 6.07. The molecule has 0 radical (unpaired) electrons. The van der Waals surface area contributed by atoms with E-state index >= 15 is 0 Å². The number of rotatable bonds is 3. The molecule has 0 aromatic carbocycles. The molecule has 0 bridgehead atoms. The van der Waals surface area contributed by atoms with E-state index in [-0.39, 0.29) is 5.60 Å². The Morgan fingerprint density at radius 2 is 1.79 bits per heavy atom. The zero-order chi connectivity index (χ0) is 13.3. The van der Waals surface area contributed by atoms with E-state index in [9.17, 15) is 0 Å². The van der Waals surface area contributed by atoms with Crippen molar-refractivity contribution in [1.29, 1.82) is 0 Å². The zero-order valence-corrected chi connectivity index (χ0v) is 13.0. The second-order valence-corrected chi connectivity index (χ2v) is 7.54. The van der Waals surface area contributed by atoms with Crippen molar-refractivity contribution in [3.05, 3.63) is 0 Å². The SMILES string of the molecule is CN(CC1CCC2(CCCC2)O1)C1CCCCC1Cl. The van der Waals surface area contributed by atoms with Gasteiger partial charge in [0.15, 0.2) is 0 Å². The summed E-state index contributed by atoms with van der Waals surface area (Å²) >= 11 is 6.50. The maximum Gasteiger partial charge on any atom is 0.0710 e. The highest BCUT2D eigenvalue weighted by molar-refractivity contribution is 6.21. The molecule has 3 heteroatoms. The Hall–Kier alpha value is 0.210. The van der Waals surface area contributed by atoms with Gasteiger partial charge in [0.25, 0.3) is 0 Å². The summed E-state index contributed by atoms with van der Waals surface area (Å²) in [6.45, 7) is 1.08. The number of nitrogens with zero attached hydrogens (tertiary/aromatic N) is 1. The molecule has 0 amide bonds. The topological polar surface area (TPSA) is 12.5 Å². The third-order valence-electron chi connectivity index (χ3n) is 5.56. The fraction of sp³-hybridized carbons (Fsp3) is 1.00. The van der Waals surface area contributed by atoms with Gasteiger partial charge in [-0.15, -0.1) is 11.6 Å². The Morgan fingerprint density at radius 3 is 2.53 bits per heavy atom. The largest absolute Gasteiger partial charge is 0.370 e. The van der Waals surface area contributed by atoms with Crippen LogP contribution in [0.25, 0.3) is 0 Å². The maximum atomic E-state index is 6.50. The molecule has 1 spiro atoms. The van der Waals surface area contributed by atoms with E-state index in [2.05, 4.69) is 11.9 Å². The molecular weight excluding hydrogens is 258 g/mol. The molecule has 2 saturated carbocycles. The van der Waals surface area contributed by atoms with Gasteiger partial charge in [0.2, 0.25) is 0 Å². The predicted molar refractivity (Wildman–Crippen MR) is 79.8 cm³/mol. The van der Waals surface area contributed by atoms with Crippen molar-refractivity contribution < 1.29 is 4.74 Å². The van der Waals surface area contributed by atoms with Gasteiger partial charge in [0.05, 0.1) is 11.7 Å². The number of likely N-dealkylation sites (N-methyl/N-ethyl adjacent to an activating group) is 1. The molecular formula is C16H28ClNO. The molecule has 0 aromatic rings. The molecule has 2 aliphatic carbocycles. The van der Waals surface area contributed by atoms with Crippen molar-refractivity contribution in [3.8, 4) is 0 Å². The monoisotopic (exact) mass is 285 g/mol. The Bertz CT molecular complexity index is 303. The molecule has 3 aliphatic rings. The van der Waals surface area contributed by atoms with E-state index in [1.165, 1.54) is 64.2 Å². The Balaban J connectivity index is 1.51. The van der Waals surface area contributed by atoms with Gasteiger partial charge in [-0.3, -0.25) is 4.90 Å². The van der Waals surface area contributed by atoms with E-state index in [0.29, 0.717) is 17.5 Å². The van der Waals surface area contributed by atoms with Crippen molar-refractivity contribution >= 4 is 11.6 Å². The zero-order valence-electron chi connectivity index (χ0n) is 12.2. The fourth-order valence-electron chi connectivity index (χ4n) is 4.43. The summed E-state index contributed by atoms with van der Waals surface area (Å²) in [5.41, 5.74) is 0.276. The van der Waals surface area contributed by atoms with Gasteiger partial charge in [0, 0.05) is 18.0 Å². The van der Waals surface area contributed by atoms with Gasteiger partial charge in [-0.1, -0.05) is 25.7 Å². The van der Waals surface area contributed by atoms with Crippen LogP contribution in [-0.4, -0.2) is 41.6 Å². The van der Waals surface area contributed by atoms with Gasteiger partial charge in [0.1, 0.15) is 0 Å². The molecule has 3 atom stereocenters. The van der Waals surface area contributed by atoms with Crippen LogP contribution in [0.15, 0.2) is 0 Å². The van der Waals surface area contributed by atoms with Crippen LogP contribution >= 0.6 is 11.6 Å². The quantitative estimate of drug-likeness (QED) is 0.728. The first-order valence-corrected chi connectivity index (χ1v) is 8.64. The number of hydrogen-bond acceptors (Lipinski definition) is 2. The predicted octanol–water partition coefficient (Wildman–Crippen LogP) is 3.96. The van der Waals surface area contributed by atoms with E-state index in [0.717, 1.165) is 6.54 Å². The first-order valence-electron chi connectivity index (χ1n) is 8.21. The van der Waals surface area contributed by atoms with Crippen LogP contribution in [0, 0.1) is 0 Å². The molecule has 19 heavy (non-hydrogen) atoms. The minimum Gasteiger partial charge on any atom is -0.370 e. The third kappa shape index (κ3) is 3.11. The van der Waals surface area contributed by atoms with Crippen molar-refractivity contribution in [3.63, 3.8) is 0 Å². The number of alkyl halides is 1. The summed E-state index contributed by atoms with van der Waals surface area (Å²) in [4.78, 5) is 2.48. The second-order valence-electron chi connectivity index (χ2n) is 6.98. The fourth-order valence-corrected chi connectivity index (χ4v) is 4.90. The summed E-state index contributed by atoms with van der Waals surface area (Å²) < 4.78 is 6.42. The van der Waals surface area contributed by atoms with Crippen LogP contribution in [0.1, 0.15) is 64.2 Å². The molecule has 3 unspecified atom stereocenters. The summed E-state index contributed by atoms with van der Waals surface area (Å²) in [5.74, 6) is 0. The molecule has 1 saturated heterocycles. The van der Waals surface area contributed by atoms with Gasteiger partial charge in [-0.25, -0.2) is 0 Å². The number of halogens is 1. The van der Waals surface area contributed by atoms with Gasteiger partial charge < -0.3 is 4.74 Å². The lowest BCUT2D eigenvalue weighted by Crippen LogP contribution is -2.44. The van der Waals surface area contributed by atoms with Crippen molar-refractivity contribution in [1.82, 2.24) is 4.90 Å². The van der Waals surface area contributed by atoms with Gasteiger partial charge in [-0.05, 0) is 45.6 Å². The molecule has 3 fully saturated rings. The lowest BCUT2D eigenvalue weighted by atomic mass is 9.93. The van der Waals surface area contributed by atoms with Crippen molar-refractivity contribution in [2.45, 2.75) is 87.3 Å². The first kappa shape index (κ1) is 14.2. The van der Waals surface area contributed by atoms with Crippen molar-refractivity contribution in [2.24, 2.45) is 0 Å². The Labute approximate surface area is 122 Å². The van der Waals surface area contributed by atoms with Gasteiger partial charge in [-0.2, -0.15) is 0 Å². The molecule has 3 rings (SSSR count). The van der Waals surface area contributed by atoms with E-state index in [1.54, 1.807) is 0 Å². The van der Waals surface area contributed by atoms with Gasteiger partial charge >= 0.3 is 0 Å². The second kappa shape index (κ2) is 5.91. The first-order chi connectivity index (χ1) is 9.19. The van der Waals surface area contributed by atoms with Crippen LogP contribution < -0.4 is 0 Å². The number of hydrogen-bond donors (Lipinski definition) is 0. The van der Waals surface area contributed by atoms with E-state index < -0.39 is 0 Å². The normalized spacial score (nSPS) is 38.4. The van der Waals surface area contributed by atoms with Crippen LogP contribution in [0.5, 0.6) is 0 Å². The Kier molecular flexibility index (Phi) is 4.40. The number of ether oxygens (including phenoxy) is 1. The lowest BCUT2D eigenvalue weighted by Gasteiger charge is -2.36.